The SMILES string of the molecule is Cc1ccc(OC(C)CNC(=O)CNC(=O)CN)cc1. The summed E-state index contributed by atoms with van der Waals surface area (Å²) in [4.78, 5) is 22.3. The predicted octanol–water partition coefficient (Wildman–Crippen LogP) is -0.0466. The molecule has 0 aliphatic rings. The van der Waals surface area contributed by atoms with E-state index in [4.69, 9.17) is 10.5 Å². The summed E-state index contributed by atoms with van der Waals surface area (Å²) in [6.45, 7) is 4.03. The summed E-state index contributed by atoms with van der Waals surface area (Å²) in [5, 5.41) is 5.07. The van der Waals surface area contributed by atoms with Gasteiger partial charge in [-0.25, -0.2) is 0 Å². The fourth-order valence-electron chi connectivity index (χ4n) is 1.46. The number of nitrogens with one attached hydrogen (secondary N) is 2. The van der Waals surface area contributed by atoms with Crippen molar-refractivity contribution in [3.63, 3.8) is 0 Å². The van der Waals surface area contributed by atoms with E-state index >= 15 is 0 Å². The molecule has 0 fully saturated rings. The summed E-state index contributed by atoms with van der Waals surface area (Å²) in [5.41, 5.74) is 6.27. The van der Waals surface area contributed by atoms with E-state index in [9.17, 15) is 9.59 Å². The number of hydrogen-bond acceptors (Lipinski definition) is 4. The van der Waals surface area contributed by atoms with Crippen LogP contribution in [0.4, 0.5) is 0 Å². The lowest BCUT2D eigenvalue weighted by Crippen LogP contribution is -2.42. The van der Waals surface area contributed by atoms with Gasteiger partial charge in [0.1, 0.15) is 11.9 Å². The summed E-state index contributed by atoms with van der Waals surface area (Å²) in [6, 6.07) is 7.69. The molecule has 0 saturated carbocycles. The lowest BCUT2D eigenvalue weighted by molar-refractivity contribution is -0.125. The third-order valence-corrected chi connectivity index (χ3v) is 2.58. The second kappa shape index (κ2) is 8.16. The van der Waals surface area contributed by atoms with Crippen molar-refractivity contribution in [2.75, 3.05) is 19.6 Å². The van der Waals surface area contributed by atoms with Gasteiger partial charge in [0.25, 0.3) is 0 Å². The molecule has 1 aromatic rings. The van der Waals surface area contributed by atoms with Gasteiger partial charge in [0.15, 0.2) is 0 Å². The minimum atomic E-state index is -0.357. The van der Waals surface area contributed by atoms with Crippen LogP contribution in [0.1, 0.15) is 12.5 Å². The van der Waals surface area contributed by atoms with E-state index in [-0.39, 0.29) is 31.0 Å². The van der Waals surface area contributed by atoms with Crippen LogP contribution in [0.15, 0.2) is 24.3 Å². The molecule has 6 nitrogen and oxygen atoms in total. The molecular weight excluding hydrogens is 258 g/mol. The van der Waals surface area contributed by atoms with Gasteiger partial charge in [0, 0.05) is 0 Å². The number of carbonyl (C=O) groups excluding carboxylic acids is 2. The summed E-state index contributed by atoms with van der Waals surface area (Å²) in [5.74, 6) is 0.129. The normalized spacial score (nSPS) is 11.6. The Morgan fingerprint density at radius 3 is 2.45 bits per heavy atom. The first kappa shape index (κ1) is 16.0. The van der Waals surface area contributed by atoms with Gasteiger partial charge < -0.3 is 21.1 Å². The van der Waals surface area contributed by atoms with Gasteiger partial charge in [-0.15, -0.1) is 0 Å². The minimum absolute atomic E-state index is 0.0761. The number of hydrogen-bond donors (Lipinski definition) is 3. The number of aryl methyl sites for hydroxylation is 1. The van der Waals surface area contributed by atoms with Crippen molar-refractivity contribution in [3.8, 4) is 5.75 Å². The van der Waals surface area contributed by atoms with Crippen molar-refractivity contribution < 1.29 is 14.3 Å². The van der Waals surface area contributed by atoms with Crippen LogP contribution in [0.3, 0.4) is 0 Å². The summed E-state index contributed by atoms with van der Waals surface area (Å²) >= 11 is 0. The van der Waals surface area contributed by atoms with Gasteiger partial charge in [-0.2, -0.15) is 0 Å². The number of nitrogens with two attached hydrogens (primary N) is 1. The average Bonchev–Trinajstić information content (AvgIpc) is 2.45. The second-order valence-electron chi connectivity index (χ2n) is 4.53. The van der Waals surface area contributed by atoms with Crippen LogP contribution < -0.4 is 21.1 Å². The van der Waals surface area contributed by atoms with E-state index in [0.717, 1.165) is 11.3 Å². The molecule has 4 N–H and O–H groups in total. The first-order chi connectivity index (χ1) is 9.51. The average molecular weight is 279 g/mol. The van der Waals surface area contributed by atoms with Crippen LogP contribution in [-0.4, -0.2) is 37.6 Å². The number of ether oxygens (including phenoxy) is 1. The molecule has 20 heavy (non-hydrogen) atoms. The summed E-state index contributed by atoms with van der Waals surface area (Å²) in [6.07, 6.45) is -0.160. The fraction of sp³-hybridized carbons (Fsp3) is 0.429. The Hall–Kier alpha value is -2.08. The zero-order valence-electron chi connectivity index (χ0n) is 11.8. The molecule has 1 unspecified atom stereocenters. The minimum Gasteiger partial charge on any atom is -0.489 e. The molecule has 0 heterocycles. The molecule has 0 saturated heterocycles. The number of rotatable bonds is 7. The van der Waals surface area contributed by atoms with E-state index in [1.54, 1.807) is 0 Å². The Kier molecular flexibility index (Phi) is 6.52. The van der Waals surface area contributed by atoms with E-state index in [0.29, 0.717) is 6.54 Å². The zero-order chi connectivity index (χ0) is 15.0. The molecule has 0 aliphatic heterocycles. The molecule has 6 heteroatoms. The molecule has 1 atom stereocenters. The Bertz CT molecular complexity index is 445. The highest BCUT2D eigenvalue weighted by Gasteiger charge is 2.08. The maximum absolute atomic E-state index is 11.4. The highest BCUT2D eigenvalue weighted by molar-refractivity contribution is 5.85. The van der Waals surface area contributed by atoms with E-state index in [1.165, 1.54) is 0 Å². The van der Waals surface area contributed by atoms with Gasteiger partial charge in [0.05, 0.1) is 19.6 Å². The molecule has 0 bridgehead atoms. The molecule has 1 aromatic carbocycles. The van der Waals surface area contributed by atoms with Gasteiger partial charge >= 0.3 is 0 Å². The largest absolute Gasteiger partial charge is 0.489 e. The highest BCUT2D eigenvalue weighted by Crippen LogP contribution is 2.12. The molecule has 1 rings (SSSR count). The maximum atomic E-state index is 11.4. The van der Waals surface area contributed by atoms with Crippen molar-refractivity contribution in [3.05, 3.63) is 29.8 Å². The summed E-state index contributed by atoms with van der Waals surface area (Å²) < 4.78 is 5.64. The van der Waals surface area contributed by atoms with E-state index in [1.807, 2.05) is 38.1 Å². The van der Waals surface area contributed by atoms with Crippen molar-refractivity contribution in [1.82, 2.24) is 10.6 Å². The van der Waals surface area contributed by atoms with Crippen LogP contribution in [0.2, 0.25) is 0 Å². The van der Waals surface area contributed by atoms with E-state index in [2.05, 4.69) is 10.6 Å². The quantitative estimate of drug-likeness (QED) is 0.652. The highest BCUT2D eigenvalue weighted by atomic mass is 16.5. The molecule has 0 aliphatic carbocycles. The lowest BCUT2D eigenvalue weighted by Gasteiger charge is -2.15. The molecular formula is C14H21N3O3. The van der Waals surface area contributed by atoms with Crippen molar-refractivity contribution >= 4 is 11.8 Å². The Balaban J connectivity index is 2.25. The van der Waals surface area contributed by atoms with Gasteiger partial charge in [-0.3, -0.25) is 9.59 Å². The Morgan fingerprint density at radius 1 is 1.20 bits per heavy atom. The van der Waals surface area contributed by atoms with Crippen molar-refractivity contribution in [2.24, 2.45) is 5.73 Å². The molecule has 2 amide bonds. The smallest absolute Gasteiger partial charge is 0.239 e. The second-order valence-corrected chi connectivity index (χ2v) is 4.53. The molecule has 0 spiro atoms. The van der Waals surface area contributed by atoms with Gasteiger partial charge in [-0.1, -0.05) is 17.7 Å². The number of carbonyl (C=O) groups is 2. The van der Waals surface area contributed by atoms with Crippen LogP contribution >= 0.6 is 0 Å². The maximum Gasteiger partial charge on any atom is 0.239 e. The third-order valence-electron chi connectivity index (χ3n) is 2.58. The van der Waals surface area contributed by atoms with E-state index < -0.39 is 0 Å². The first-order valence-corrected chi connectivity index (χ1v) is 6.48. The topological polar surface area (TPSA) is 93.5 Å². The zero-order valence-corrected chi connectivity index (χ0v) is 11.8. The van der Waals surface area contributed by atoms with Gasteiger partial charge in [0.2, 0.25) is 11.8 Å². The Morgan fingerprint density at radius 2 is 1.85 bits per heavy atom. The van der Waals surface area contributed by atoms with Crippen LogP contribution in [0, 0.1) is 6.92 Å². The number of amides is 2. The monoisotopic (exact) mass is 279 g/mol. The molecule has 0 aromatic heterocycles. The summed E-state index contributed by atoms with van der Waals surface area (Å²) in [7, 11) is 0. The molecule has 0 radical (unpaired) electrons. The van der Waals surface area contributed by atoms with Gasteiger partial charge in [-0.05, 0) is 26.0 Å². The lowest BCUT2D eigenvalue weighted by atomic mass is 10.2. The standard InChI is InChI=1S/C14H21N3O3/c1-10-3-5-12(6-4-10)20-11(2)8-16-14(19)9-17-13(18)7-15/h3-6,11H,7-9,15H2,1-2H3,(H,16,19)(H,17,18). The first-order valence-electron chi connectivity index (χ1n) is 6.48. The number of benzene rings is 1. The fourth-order valence-corrected chi connectivity index (χ4v) is 1.46. The predicted molar refractivity (Wildman–Crippen MR) is 76.3 cm³/mol. The molecule has 110 valence electrons. The van der Waals surface area contributed by atoms with Crippen LogP contribution in [0.25, 0.3) is 0 Å². The van der Waals surface area contributed by atoms with Crippen molar-refractivity contribution in [2.45, 2.75) is 20.0 Å². The van der Waals surface area contributed by atoms with Crippen LogP contribution in [-0.2, 0) is 9.59 Å². The third kappa shape index (κ3) is 6.19. The Labute approximate surface area is 118 Å². The van der Waals surface area contributed by atoms with Crippen molar-refractivity contribution in [1.29, 1.82) is 0 Å². The van der Waals surface area contributed by atoms with Crippen LogP contribution in [0.5, 0.6) is 5.75 Å².